The standard InChI is InChI=1S/C31H53N5O7S/c1-17(2)22(21-10-9-15-44(21,42)43)34-29(41)35-25(31(6,7)8)28(40)36-14-13-19(30(3,4)5)23(36)27(39)33-20(16-18-11-12-18)24(37)26(32)38/h17-23,25H,9-16H2,1-8H3,(H2,32,38)(H,33,39)(H2,34,35,41)/t19?,20?,21?,22?,23-,25+/m0/s1. The van der Waals surface area contributed by atoms with Gasteiger partial charge in [0.2, 0.25) is 17.6 Å². The average molecular weight is 640 g/mol. The maximum atomic E-state index is 14.3. The Morgan fingerprint density at radius 3 is 1.98 bits per heavy atom. The second kappa shape index (κ2) is 13.3. The van der Waals surface area contributed by atoms with Crippen LogP contribution in [0.2, 0.25) is 0 Å². The van der Waals surface area contributed by atoms with E-state index in [1.807, 2.05) is 34.6 Å². The number of rotatable bonds is 11. The molecule has 1 aliphatic carbocycles. The molecule has 13 heteroatoms. The highest BCUT2D eigenvalue weighted by molar-refractivity contribution is 7.92. The number of likely N-dealkylation sites (tertiary alicyclic amines) is 1. The number of amides is 5. The lowest BCUT2D eigenvalue weighted by molar-refractivity contribution is -0.145. The minimum Gasteiger partial charge on any atom is -0.363 e. The van der Waals surface area contributed by atoms with Crippen LogP contribution in [0.3, 0.4) is 0 Å². The third-order valence-electron chi connectivity index (χ3n) is 9.39. The van der Waals surface area contributed by atoms with Gasteiger partial charge in [-0.2, -0.15) is 0 Å². The molecule has 5 N–H and O–H groups in total. The molecule has 1 saturated carbocycles. The Bertz CT molecular complexity index is 1230. The van der Waals surface area contributed by atoms with E-state index in [0.717, 1.165) is 12.8 Å². The van der Waals surface area contributed by atoms with Crippen molar-refractivity contribution in [2.24, 2.45) is 34.3 Å². The minimum atomic E-state index is -3.34. The van der Waals surface area contributed by atoms with Crippen molar-refractivity contribution >= 4 is 39.4 Å². The zero-order chi connectivity index (χ0) is 33.4. The van der Waals surface area contributed by atoms with Crippen LogP contribution < -0.4 is 21.7 Å². The van der Waals surface area contributed by atoms with Gasteiger partial charge in [-0.1, -0.05) is 68.2 Å². The van der Waals surface area contributed by atoms with E-state index in [1.165, 1.54) is 4.90 Å². The molecule has 0 aromatic rings. The summed E-state index contributed by atoms with van der Waals surface area (Å²) in [5.74, 6) is -3.05. The lowest BCUT2D eigenvalue weighted by atomic mass is 9.75. The van der Waals surface area contributed by atoms with E-state index in [-0.39, 0.29) is 35.5 Å². The summed E-state index contributed by atoms with van der Waals surface area (Å²) < 4.78 is 25.3. The van der Waals surface area contributed by atoms with Crippen LogP contribution in [0, 0.1) is 28.6 Å². The number of urea groups is 1. The topological polar surface area (TPSA) is 185 Å². The summed E-state index contributed by atoms with van der Waals surface area (Å²) in [5.41, 5.74) is 4.15. The van der Waals surface area contributed by atoms with Crippen molar-refractivity contribution in [2.45, 2.75) is 123 Å². The lowest BCUT2D eigenvalue weighted by Crippen LogP contribution is -2.62. The van der Waals surface area contributed by atoms with Gasteiger partial charge >= 0.3 is 6.03 Å². The van der Waals surface area contributed by atoms with Gasteiger partial charge in [-0.3, -0.25) is 19.2 Å². The van der Waals surface area contributed by atoms with Gasteiger partial charge in [-0.25, -0.2) is 13.2 Å². The molecule has 44 heavy (non-hydrogen) atoms. The lowest BCUT2D eigenvalue weighted by Gasteiger charge is -2.39. The van der Waals surface area contributed by atoms with Crippen LogP contribution in [-0.2, 0) is 29.0 Å². The monoisotopic (exact) mass is 639 g/mol. The quantitative estimate of drug-likeness (QED) is 0.249. The Hall–Kier alpha value is -2.70. The van der Waals surface area contributed by atoms with Gasteiger partial charge in [-0.05, 0) is 54.3 Å². The van der Waals surface area contributed by atoms with Gasteiger partial charge in [-0.15, -0.1) is 0 Å². The number of nitrogens with two attached hydrogens (primary N) is 1. The van der Waals surface area contributed by atoms with E-state index in [0.29, 0.717) is 25.7 Å². The summed E-state index contributed by atoms with van der Waals surface area (Å²) in [6.07, 6.45) is 3.66. The average Bonchev–Trinajstić information content (AvgIpc) is 3.45. The fourth-order valence-corrected chi connectivity index (χ4v) is 8.89. The molecule has 6 atom stereocenters. The highest BCUT2D eigenvalue weighted by atomic mass is 32.2. The van der Waals surface area contributed by atoms with Crippen LogP contribution in [0.4, 0.5) is 4.79 Å². The van der Waals surface area contributed by atoms with Gasteiger partial charge < -0.3 is 26.6 Å². The SMILES string of the molecule is CC(C)C(NC(=O)N[C@H](C(=O)N1CCC(C(C)(C)C)[C@H]1C(=O)NC(CC1CC1)C(=O)C(N)=O)C(C)(C)C)C1CCCS1(=O)=O. The first-order chi connectivity index (χ1) is 20.1. The maximum Gasteiger partial charge on any atom is 0.315 e. The molecule has 0 radical (unpaired) electrons. The molecule has 3 rings (SSSR count). The Balaban J connectivity index is 1.86. The zero-order valence-electron chi connectivity index (χ0n) is 27.6. The van der Waals surface area contributed by atoms with E-state index in [4.69, 9.17) is 5.73 Å². The second-order valence-electron chi connectivity index (χ2n) is 15.4. The van der Waals surface area contributed by atoms with E-state index < -0.39 is 74.2 Å². The number of sulfone groups is 1. The summed E-state index contributed by atoms with van der Waals surface area (Å²) in [6.45, 7) is 15.3. The molecule has 250 valence electrons. The number of hydrogen-bond donors (Lipinski definition) is 4. The first-order valence-corrected chi connectivity index (χ1v) is 17.6. The van der Waals surface area contributed by atoms with Gasteiger partial charge in [0.25, 0.3) is 5.91 Å². The third-order valence-corrected chi connectivity index (χ3v) is 11.7. The number of nitrogens with zero attached hydrogens (tertiary/aromatic N) is 1. The van der Waals surface area contributed by atoms with Crippen molar-refractivity contribution in [3.8, 4) is 0 Å². The van der Waals surface area contributed by atoms with Crippen LogP contribution >= 0.6 is 0 Å². The highest BCUT2D eigenvalue weighted by Gasteiger charge is 2.50. The number of carbonyl (C=O) groups excluding carboxylic acids is 5. The zero-order valence-corrected chi connectivity index (χ0v) is 28.4. The largest absolute Gasteiger partial charge is 0.363 e. The highest BCUT2D eigenvalue weighted by Crippen LogP contribution is 2.40. The molecule has 0 spiro atoms. The Labute approximate surface area is 262 Å². The predicted molar refractivity (Wildman–Crippen MR) is 167 cm³/mol. The van der Waals surface area contributed by atoms with E-state index >= 15 is 0 Å². The number of carbonyl (C=O) groups is 5. The predicted octanol–water partition coefficient (Wildman–Crippen LogP) is 1.90. The summed E-state index contributed by atoms with van der Waals surface area (Å²) >= 11 is 0. The molecule has 3 aliphatic rings. The molecule has 12 nitrogen and oxygen atoms in total. The van der Waals surface area contributed by atoms with Crippen molar-refractivity contribution in [2.75, 3.05) is 12.3 Å². The van der Waals surface area contributed by atoms with Crippen molar-refractivity contribution < 1.29 is 32.4 Å². The first-order valence-electron chi connectivity index (χ1n) is 15.9. The minimum absolute atomic E-state index is 0.0905. The Morgan fingerprint density at radius 2 is 1.52 bits per heavy atom. The summed E-state index contributed by atoms with van der Waals surface area (Å²) in [5, 5.41) is 7.71. The number of hydrogen-bond acceptors (Lipinski definition) is 7. The van der Waals surface area contributed by atoms with E-state index in [9.17, 15) is 32.4 Å². The summed E-state index contributed by atoms with van der Waals surface area (Å²) in [4.78, 5) is 67.4. The van der Waals surface area contributed by atoms with E-state index in [2.05, 4.69) is 16.0 Å². The molecule has 0 aromatic carbocycles. The van der Waals surface area contributed by atoms with Crippen molar-refractivity contribution in [3.63, 3.8) is 0 Å². The molecular formula is C31H53N5O7S. The molecule has 0 bridgehead atoms. The number of Topliss-reactive ketones (excluding diaryl/α,β-unsaturated/α-hetero) is 1. The fourth-order valence-electron chi connectivity index (χ4n) is 6.66. The van der Waals surface area contributed by atoms with Crippen LogP contribution in [0.5, 0.6) is 0 Å². The fraction of sp³-hybridized carbons (Fsp3) is 0.839. The first kappa shape index (κ1) is 35.8. The molecule has 5 amide bonds. The maximum absolute atomic E-state index is 14.3. The van der Waals surface area contributed by atoms with Gasteiger partial charge in [0.05, 0.1) is 17.0 Å². The molecule has 2 saturated heterocycles. The number of nitrogens with one attached hydrogen (secondary N) is 3. The van der Waals surface area contributed by atoms with Crippen LogP contribution in [0.1, 0.15) is 93.9 Å². The molecule has 0 aromatic heterocycles. The van der Waals surface area contributed by atoms with E-state index in [1.54, 1.807) is 20.8 Å². The van der Waals surface area contributed by atoms with Gasteiger partial charge in [0.15, 0.2) is 9.84 Å². The second-order valence-corrected chi connectivity index (χ2v) is 17.8. The molecule has 2 aliphatic heterocycles. The Kier molecular flexibility index (Phi) is 10.8. The van der Waals surface area contributed by atoms with Crippen LogP contribution in [0.25, 0.3) is 0 Å². The van der Waals surface area contributed by atoms with Crippen molar-refractivity contribution in [3.05, 3.63) is 0 Å². The third kappa shape index (κ3) is 8.51. The summed E-state index contributed by atoms with van der Waals surface area (Å²) in [7, 11) is -3.34. The van der Waals surface area contributed by atoms with Crippen molar-refractivity contribution in [1.29, 1.82) is 0 Å². The normalized spacial score (nSPS) is 25.7. The van der Waals surface area contributed by atoms with Crippen LogP contribution in [-0.4, -0.2) is 84.6 Å². The summed E-state index contributed by atoms with van der Waals surface area (Å²) in [6, 6.07) is -4.32. The molecule has 2 heterocycles. The molecular weight excluding hydrogens is 586 g/mol. The van der Waals surface area contributed by atoms with Crippen LogP contribution in [0.15, 0.2) is 0 Å². The van der Waals surface area contributed by atoms with Crippen molar-refractivity contribution in [1.82, 2.24) is 20.9 Å². The molecule has 3 fully saturated rings. The number of ketones is 1. The van der Waals surface area contributed by atoms with Gasteiger partial charge in [0.1, 0.15) is 12.1 Å². The Morgan fingerprint density at radius 1 is 0.909 bits per heavy atom. The smallest absolute Gasteiger partial charge is 0.315 e. The number of primary amides is 1. The van der Waals surface area contributed by atoms with Gasteiger partial charge in [0, 0.05) is 12.6 Å². The molecule has 4 unspecified atom stereocenters.